The molecule has 1 N–H and O–H groups in total. The predicted molar refractivity (Wildman–Crippen MR) is 68.9 cm³/mol. The molecule has 0 aliphatic heterocycles. The van der Waals surface area contributed by atoms with Crippen LogP contribution in [0, 0.1) is 0 Å². The van der Waals surface area contributed by atoms with E-state index in [0.29, 0.717) is 6.54 Å². The first-order chi connectivity index (χ1) is 8.44. The molecule has 2 aromatic rings. The summed E-state index contributed by atoms with van der Waals surface area (Å²) in [7, 11) is 1.97. The second-order valence-corrected chi connectivity index (χ2v) is 5.47. The standard InChI is InChI=1S/C12H20N6/c1-12(2,3)14-7-10-8-18(16-15-10)9-11-13-5-6-17(11)4/h5-6,8,14H,7,9H2,1-4H3. The van der Waals surface area contributed by atoms with Crippen LogP contribution in [0.4, 0.5) is 0 Å². The summed E-state index contributed by atoms with van der Waals surface area (Å²) in [5.74, 6) is 0.968. The molecule has 2 aromatic heterocycles. The van der Waals surface area contributed by atoms with Gasteiger partial charge in [-0.1, -0.05) is 5.21 Å². The van der Waals surface area contributed by atoms with Gasteiger partial charge in [-0.15, -0.1) is 5.10 Å². The normalized spacial score (nSPS) is 12.0. The van der Waals surface area contributed by atoms with Gasteiger partial charge in [0, 0.05) is 31.5 Å². The number of rotatable bonds is 4. The van der Waals surface area contributed by atoms with Crippen LogP contribution < -0.4 is 5.32 Å². The van der Waals surface area contributed by atoms with Gasteiger partial charge in [0.05, 0.1) is 11.9 Å². The molecule has 18 heavy (non-hydrogen) atoms. The second-order valence-electron chi connectivity index (χ2n) is 5.47. The van der Waals surface area contributed by atoms with Crippen LogP contribution in [-0.2, 0) is 20.1 Å². The topological polar surface area (TPSA) is 60.6 Å². The van der Waals surface area contributed by atoms with E-state index < -0.39 is 0 Å². The van der Waals surface area contributed by atoms with Gasteiger partial charge in [0.2, 0.25) is 0 Å². The minimum atomic E-state index is 0.0868. The number of nitrogens with one attached hydrogen (secondary N) is 1. The van der Waals surface area contributed by atoms with Crippen molar-refractivity contribution >= 4 is 0 Å². The van der Waals surface area contributed by atoms with Crippen molar-refractivity contribution in [2.75, 3.05) is 0 Å². The van der Waals surface area contributed by atoms with Gasteiger partial charge in [0.1, 0.15) is 12.4 Å². The Morgan fingerprint density at radius 1 is 1.33 bits per heavy atom. The van der Waals surface area contributed by atoms with E-state index >= 15 is 0 Å². The Morgan fingerprint density at radius 3 is 2.72 bits per heavy atom. The molecule has 2 heterocycles. The van der Waals surface area contributed by atoms with Crippen molar-refractivity contribution in [1.29, 1.82) is 0 Å². The Labute approximate surface area is 107 Å². The molecule has 0 aliphatic rings. The van der Waals surface area contributed by atoms with E-state index in [4.69, 9.17) is 0 Å². The Kier molecular flexibility index (Phi) is 3.47. The van der Waals surface area contributed by atoms with E-state index in [2.05, 4.69) is 41.4 Å². The first kappa shape index (κ1) is 12.8. The van der Waals surface area contributed by atoms with Crippen molar-refractivity contribution in [2.24, 2.45) is 7.05 Å². The molecule has 6 nitrogen and oxygen atoms in total. The zero-order valence-electron chi connectivity index (χ0n) is 11.4. The third-order valence-electron chi connectivity index (χ3n) is 2.61. The van der Waals surface area contributed by atoms with Crippen molar-refractivity contribution < 1.29 is 0 Å². The SMILES string of the molecule is Cn1ccnc1Cn1cc(CNC(C)(C)C)nn1. The highest BCUT2D eigenvalue weighted by atomic mass is 15.4. The molecular weight excluding hydrogens is 228 g/mol. The monoisotopic (exact) mass is 248 g/mol. The zero-order chi connectivity index (χ0) is 13.2. The summed E-state index contributed by atoms with van der Waals surface area (Å²) in [6, 6.07) is 0. The highest BCUT2D eigenvalue weighted by Crippen LogP contribution is 2.03. The predicted octanol–water partition coefficient (Wildman–Crippen LogP) is 0.948. The lowest BCUT2D eigenvalue weighted by Crippen LogP contribution is -2.35. The van der Waals surface area contributed by atoms with Gasteiger partial charge < -0.3 is 9.88 Å². The maximum absolute atomic E-state index is 4.26. The van der Waals surface area contributed by atoms with Gasteiger partial charge in [0.15, 0.2) is 0 Å². The molecule has 0 radical (unpaired) electrons. The maximum Gasteiger partial charge on any atom is 0.130 e. The van der Waals surface area contributed by atoms with Gasteiger partial charge in [-0.25, -0.2) is 9.67 Å². The van der Waals surface area contributed by atoms with E-state index in [-0.39, 0.29) is 5.54 Å². The Morgan fingerprint density at radius 2 is 2.11 bits per heavy atom. The fourth-order valence-electron chi connectivity index (χ4n) is 1.55. The summed E-state index contributed by atoms with van der Waals surface area (Å²) >= 11 is 0. The average molecular weight is 248 g/mol. The molecule has 98 valence electrons. The molecule has 0 saturated heterocycles. The Hall–Kier alpha value is -1.69. The van der Waals surface area contributed by atoms with E-state index in [9.17, 15) is 0 Å². The minimum Gasteiger partial charge on any atom is -0.336 e. The summed E-state index contributed by atoms with van der Waals surface area (Å²) in [5.41, 5.74) is 1.03. The molecule has 0 aromatic carbocycles. The van der Waals surface area contributed by atoms with Crippen molar-refractivity contribution in [3.05, 3.63) is 30.1 Å². The van der Waals surface area contributed by atoms with Gasteiger partial charge in [-0.05, 0) is 20.8 Å². The van der Waals surface area contributed by atoms with Crippen molar-refractivity contribution in [3.63, 3.8) is 0 Å². The maximum atomic E-state index is 4.26. The summed E-state index contributed by atoms with van der Waals surface area (Å²) in [6.07, 6.45) is 5.66. The van der Waals surface area contributed by atoms with Crippen LogP contribution in [0.5, 0.6) is 0 Å². The van der Waals surface area contributed by atoms with E-state index in [1.54, 1.807) is 6.20 Å². The highest BCUT2D eigenvalue weighted by Gasteiger charge is 2.10. The first-order valence-electron chi connectivity index (χ1n) is 6.04. The van der Waals surface area contributed by atoms with Crippen LogP contribution in [0.2, 0.25) is 0 Å². The lowest BCUT2D eigenvalue weighted by molar-refractivity contribution is 0.421. The van der Waals surface area contributed by atoms with Crippen LogP contribution in [-0.4, -0.2) is 30.1 Å². The molecule has 0 aliphatic carbocycles. The number of nitrogens with zero attached hydrogens (tertiary/aromatic N) is 5. The molecule has 0 amide bonds. The van der Waals surface area contributed by atoms with Gasteiger partial charge in [0.25, 0.3) is 0 Å². The molecule has 2 rings (SSSR count). The van der Waals surface area contributed by atoms with Gasteiger partial charge in [-0.2, -0.15) is 0 Å². The number of hydrogen-bond donors (Lipinski definition) is 1. The summed E-state index contributed by atoms with van der Waals surface area (Å²) in [6.45, 7) is 7.76. The molecule has 6 heteroatoms. The minimum absolute atomic E-state index is 0.0868. The molecule has 0 fully saturated rings. The molecule has 0 atom stereocenters. The quantitative estimate of drug-likeness (QED) is 0.875. The third-order valence-corrected chi connectivity index (χ3v) is 2.61. The van der Waals surface area contributed by atoms with Crippen molar-refractivity contribution in [2.45, 2.75) is 39.4 Å². The van der Waals surface area contributed by atoms with Crippen LogP contribution in [0.25, 0.3) is 0 Å². The molecule has 0 spiro atoms. The average Bonchev–Trinajstić information content (AvgIpc) is 2.86. The molecule has 0 bridgehead atoms. The van der Waals surface area contributed by atoms with Crippen molar-refractivity contribution in [3.8, 4) is 0 Å². The number of aromatic nitrogens is 5. The number of imidazole rings is 1. The fraction of sp³-hybridized carbons (Fsp3) is 0.583. The fourth-order valence-corrected chi connectivity index (χ4v) is 1.55. The lowest BCUT2D eigenvalue weighted by atomic mass is 10.1. The molecular formula is C12H20N6. The molecule has 0 saturated carbocycles. The van der Waals surface area contributed by atoms with Crippen LogP contribution >= 0.6 is 0 Å². The first-order valence-corrected chi connectivity index (χ1v) is 6.04. The lowest BCUT2D eigenvalue weighted by Gasteiger charge is -2.19. The number of aryl methyl sites for hydroxylation is 1. The van der Waals surface area contributed by atoms with E-state index in [1.807, 2.05) is 28.7 Å². The van der Waals surface area contributed by atoms with E-state index in [0.717, 1.165) is 18.1 Å². The summed E-state index contributed by atoms with van der Waals surface area (Å²) in [5, 5.41) is 11.6. The van der Waals surface area contributed by atoms with E-state index in [1.165, 1.54) is 0 Å². The second kappa shape index (κ2) is 4.89. The van der Waals surface area contributed by atoms with Crippen LogP contribution in [0.1, 0.15) is 32.3 Å². The van der Waals surface area contributed by atoms with Gasteiger partial charge in [-0.3, -0.25) is 0 Å². The summed E-state index contributed by atoms with van der Waals surface area (Å²) < 4.78 is 3.79. The van der Waals surface area contributed by atoms with Crippen LogP contribution in [0.15, 0.2) is 18.6 Å². The third kappa shape index (κ3) is 3.40. The zero-order valence-corrected chi connectivity index (χ0v) is 11.4. The Bertz CT molecular complexity index is 505. The molecule has 0 unspecified atom stereocenters. The summed E-state index contributed by atoms with van der Waals surface area (Å²) in [4.78, 5) is 4.26. The van der Waals surface area contributed by atoms with Crippen LogP contribution in [0.3, 0.4) is 0 Å². The Balaban J connectivity index is 1.96. The smallest absolute Gasteiger partial charge is 0.130 e. The largest absolute Gasteiger partial charge is 0.336 e. The highest BCUT2D eigenvalue weighted by molar-refractivity contribution is 4.97. The van der Waals surface area contributed by atoms with Crippen molar-refractivity contribution in [1.82, 2.24) is 29.9 Å². The number of hydrogen-bond acceptors (Lipinski definition) is 4. The van der Waals surface area contributed by atoms with Gasteiger partial charge >= 0.3 is 0 Å².